The highest BCUT2D eigenvalue weighted by Crippen LogP contribution is 2.37. The Balaban J connectivity index is 1.53. The standard InChI is InChI=1S/C24H32O2S/c1-2-3-4-11-24(26)20-14-12-19(13-15-20)23-10-6-8-18(23)7-5-9-22-16-21(25)17-27-22/h10,12-18,24-26H,2-9,11H2,1H3/t18-,24?/m0/s1. The molecule has 0 saturated carbocycles. The molecule has 2 aromatic rings. The number of allylic oxidation sites excluding steroid dienone is 2. The fraction of sp³-hybridized carbons (Fsp3) is 0.500. The van der Waals surface area contributed by atoms with E-state index in [0.717, 1.165) is 31.2 Å². The number of hydrogen-bond donors (Lipinski definition) is 2. The molecular weight excluding hydrogens is 352 g/mol. The maximum absolute atomic E-state index is 10.4. The number of unbranched alkanes of at least 4 members (excludes halogenated alkanes) is 2. The SMILES string of the molecule is CCCCCC(O)c1ccc(C2=CCC[C@@H]2CCCc2cc(O)cs2)cc1. The molecule has 0 amide bonds. The van der Waals surface area contributed by atoms with E-state index in [1.54, 1.807) is 11.3 Å². The normalized spacial score (nSPS) is 17.9. The molecule has 0 saturated heterocycles. The molecule has 2 nitrogen and oxygen atoms in total. The highest BCUT2D eigenvalue weighted by Gasteiger charge is 2.20. The van der Waals surface area contributed by atoms with Crippen molar-refractivity contribution in [2.75, 3.05) is 0 Å². The van der Waals surface area contributed by atoms with E-state index in [2.05, 4.69) is 37.3 Å². The number of aromatic hydroxyl groups is 1. The van der Waals surface area contributed by atoms with E-state index < -0.39 is 0 Å². The molecular formula is C24H32O2S. The summed E-state index contributed by atoms with van der Waals surface area (Å²) < 4.78 is 0. The lowest BCUT2D eigenvalue weighted by Crippen LogP contribution is -2.01. The van der Waals surface area contributed by atoms with Gasteiger partial charge < -0.3 is 10.2 Å². The molecule has 0 fully saturated rings. The smallest absolute Gasteiger partial charge is 0.126 e. The fourth-order valence-electron chi connectivity index (χ4n) is 4.09. The van der Waals surface area contributed by atoms with Gasteiger partial charge in [-0.15, -0.1) is 11.3 Å². The van der Waals surface area contributed by atoms with Gasteiger partial charge >= 0.3 is 0 Å². The van der Waals surface area contributed by atoms with Gasteiger partial charge in [-0.25, -0.2) is 0 Å². The van der Waals surface area contributed by atoms with E-state index in [1.165, 1.54) is 48.1 Å². The van der Waals surface area contributed by atoms with E-state index in [0.29, 0.717) is 11.7 Å². The lowest BCUT2D eigenvalue weighted by Gasteiger charge is -2.16. The monoisotopic (exact) mass is 384 g/mol. The third-order valence-electron chi connectivity index (χ3n) is 5.64. The van der Waals surface area contributed by atoms with Crippen molar-refractivity contribution in [3.05, 3.63) is 57.8 Å². The topological polar surface area (TPSA) is 40.5 Å². The average molecular weight is 385 g/mol. The van der Waals surface area contributed by atoms with Gasteiger partial charge in [0.2, 0.25) is 0 Å². The Morgan fingerprint density at radius 1 is 1.15 bits per heavy atom. The average Bonchev–Trinajstić information content (AvgIpc) is 3.31. The minimum atomic E-state index is -0.332. The van der Waals surface area contributed by atoms with Gasteiger partial charge in [0.25, 0.3) is 0 Å². The first-order chi connectivity index (χ1) is 13.2. The summed E-state index contributed by atoms with van der Waals surface area (Å²) in [4.78, 5) is 1.28. The van der Waals surface area contributed by atoms with E-state index >= 15 is 0 Å². The predicted octanol–water partition coefficient (Wildman–Crippen LogP) is 6.88. The molecule has 0 bridgehead atoms. The number of aliphatic hydroxyl groups excluding tert-OH is 1. The summed E-state index contributed by atoms with van der Waals surface area (Å²) in [7, 11) is 0. The van der Waals surface area contributed by atoms with Crippen molar-refractivity contribution in [2.45, 2.75) is 70.8 Å². The van der Waals surface area contributed by atoms with E-state index in [-0.39, 0.29) is 6.10 Å². The molecule has 1 unspecified atom stereocenters. The number of aryl methyl sites for hydroxylation is 1. The van der Waals surface area contributed by atoms with E-state index in [9.17, 15) is 10.2 Å². The molecule has 3 heteroatoms. The van der Waals surface area contributed by atoms with Gasteiger partial charge in [-0.05, 0) is 67.2 Å². The molecule has 1 aliphatic carbocycles. The van der Waals surface area contributed by atoms with Gasteiger partial charge in [0.1, 0.15) is 5.75 Å². The zero-order chi connectivity index (χ0) is 19.1. The molecule has 0 spiro atoms. The number of rotatable bonds is 10. The largest absolute Gasteiger partial charge is 0.507 e. The number of benzene rings is 1. The molecule has 2 atom stereocenters. The van der Waals surface area contributed by atoms with Gasteiger partial charge in [-0.2, -0.15) is 0 Å². The molecule has 27 heavy (non-hydrogen) atoms. The molecule has 1 heterocycles. The number of hydrogen-bond acceptors (Lipinski definition) is 3. The Labute approximate surface area is 167 Å². The van der Waals surface area contributed by atoms with Crippen LogP contribution in [-0.2, 0) is 6.42 Å². The van der Waals surface area contributed by atoms with Crippen LogP contribution in [0.25, 0.3) is 5.57 Å². The first kappa shape index (κ1) is 20.2. The zero-order valence-corrected chi connectivity index (χ0v) is 17.2. The maximum Gasteiger partial charge on any atom is 0.126 e. The number of aliphatic hydroxyl groups is 1. The molecule has 2 N–H and O–H groups in total. The zero-order valence-electron chi connectivity index (χ0n) is 16.4. The Hall–Kier alpha value is -1.58. The fourth-order valence-corrected chi connectivity index (χ4v) is 4.88. The minimum absolute atomic E-state index is 0.332. The quantitative estimate of drug-likeness (QED) is 0.438. The molecule has 0 radical (unpaired) electrons. The van der Waals surface area contributed by atoms with Crippen LogP contribution in [0.2, 0.25) is 0 Å². The molecule has 3 rings (SSSR count). The van der Waals surface area contributed by atoms with E-state index in [4.69, 9.17) is 0 Å². The van der Waals surface area contributed by atoms with Gasteiger partial charge in [0.05, 0.1) is 6.10 Å². The maximum atomic E-state index is 10.4. The highest BCUT2D eigenvalue weighted by atomic mass is 32.1. The van der Waals surface area contributed by atoms with E-state index in [1.807, 2.05) is 11.4 Å². The second kappa shape index (κ2) is 10.1. The van der Waals surface area contributed by atoms with Crippen LogP contribution in [0.3, 0.4) is 0 Å². The summed E-state index contributed by atoms with van der Waals surface area (Å²) in [6, 6.07) is 10.5. The van der Waals surface area contributed by atoms with Gasteiger partial charge in [-0.3, -0.25) is 0 Å². The van der Waals surface area contributed by atoms with Crippen molar-refractivity contribution in [1.82, 2.24) is 0 Å². The third kappa shape index (κ3) is 5.70. The van der Waals surface area contributed by atoms with Crippen LogP contribution >= 0.6 is 11.3 Å². The summed E-state index contributed by atoms with van der Waals surface area (Å²) >= 11 is 1.65. The van der Waals surface area contributed by atoms with Crippen LogP contribution in [0.5, 0.6) is 5.75 Å². The van der Waals surface area contributed by atoms with Crippen LogP contribution < -0.4 is 0 Å². The van der Waals surface area contributed by atoms with Crippen molar-refractivity contribution in [2.24, 2.45) is 5.92 Å². The van der Waals surface area contributed by atoms with Crippen molar-refractivity contribution in [3.63, 3.8) is 0 Å². The van der Waals surface area contributed by atoms with Crippen molar-refractivity contribution in [1.29, 1.82) is 0 Å². The molecule has 1 aromatic heterocycles. The van der Waals surface area contributed by atoms with Crippen LogP contribution in [-0.4, -0.2) is 10.2 Å². The Kier molecular flexibility index (Phi) is 7.54. The van der Waals surface area contributed by atoms with Crippen LogP contribution in [0.15, 0.2) is 41.8 Å². The highest BCUT2D eigenvalue weighted by molar-refractivity contribution is 7.10. The van der Waals surface area contributed by atoms with Crippen molar-refractivity contribution in [3.8, 4) is 5.75 Å². The van der Waals surface area contributed by atoms with Gasteiger partial charge in [0.15, 0.2) is 0 Å². The predicted molar refractivity (Wildman–Crippen MR) is 115 cm³/mol. The van der Waals surface area contributed by atoms with Crippen LogP contribution in [0, 0.1) is 5.92 Å². The summed E-state index contributed by atoms with van der Waals surface area (Å²) in [6.45, 7) is 2.19. The molecule has 1 aliphatic rings. The molecule has 1 aromatic carbocycles. The summed E-state index contributed by atoms with van der Waals surface area (Å²) in [6.07, 6.45) is 12.2. The number of thiophene rings is 1. The second-order valence-electron chi connectivity index (χ2n) is 7.73. The first-order valence-electron chi connectivity index (χ1n) is 10.4. The van der Waals surface area contributed by atoms with Gasteiger partial charge in [-0.1, -0.05) is 56.5 Å². The first-order valence-corrected chi connectivity index (χ1v) is 11.3. The van der Waals surface area contributed by atoms with Crippen molar-refractivity contribution >= 4 is 16.9 Å². The Morgan fingerprint density at radius 3 is 2.67 bits per heavy atom. The Morgan fingerprint density at radius 2 is 1.96 bits per heavy atom. The Bertz CT molecular complexity index is 729. The summed E-state index contributed by atoms with van der Waals surface area (Å²) in [5.74, 6) is 1.03. The molecule has 0 aliphatic heterocycles. The third-order valence-corrected chi connectivity index (χ3v) is 6.63. The molecule has 146 valence electrons. The summed E-state index contributed by atoms with van der Waals surface area (Å²) in [5.41, 5.74) is 3.84. The van der Waals surface area contributed by atoms with Crippen LogP contribution in [0.4, 0.5) is 0 Å². The van der Waals surface area contributed by atoms with Gasteiger partial charge in [0, 0.05) is 10.3 Å². The minimum Gasteiger partial charge on any atom is -0.507 e. The summed E-state index contributed by atoms with van der Waals surface area (Å²) in [5, 5.41) is 21.6. The lowest BCUT2D eigenvalue weighted by atomic mass is 9.89. The second-order valence-corrected chi connectivity index (χ2v) is 8.73. The van der Waals surface area contributed by atoms with Crippen LogP contribution in [0.1, 0.15) is 80.4 Å². The van der Waals surface area contributed by atoms with Crippen molar-refractivity contribution < 1.29 is 10.2 Å². The lowest BCUT2D eigenvalue weighted by molar-refractivity contribution is 0.163.